The highest BCUT2D eigenvalue weighted by molar-refractivity contribution is 5.42. The maximum absolute atomic E-state index is 12.7. The Bertz CT molecular complexity index is 425. The fraction of sp³-hybridized carbons (Fsp3) is 0.571. The lowest BCUT2D eigenvalue weighted by Crippen LogP contribution is -2.50. The lowest BCUT2D eigenvalue weighted by Gasteiger charge is -2.35. The minimum Gasteiger partial charge on any atom is -0.384 e. The molecule has 3 nitrogen and oxygen atoms in total. The quantitative estimate of drug-likeness (QED) is 0.843. The van der Waals surface area contributed by atoms with Crippen LogP contribution in [0.5, 0.6) is 0 Å². The van der Waals surface area contributed by atoms with Crippen LogP contribution in [-0.4, -0.2) is 61.8 Å². The van der Waals surface area contributed by atoms with Crippen molar-refractivity contribution in [2.24, 2.45) is 0 Å². The molecule has 1 aliphatic heterocycles. The van der Waals surface area contributed by atoms with Crippen LogP contribution in [0.2, 0.25) is 0 Å². The molecular formula is C14H19F4N3. The number of piperazine rings is 1. The minimum absolute atomic E-state index is 0.277. The molecule has 0 bridgehead atoms. The number of halogens is 4. The van der Waals surface area contributed by atoms with Crippen LogP contribution >= 0.6 is 0 Å². The van der Waals surface area contributed by atoms with Crippen molar-refractivity contribution in [3.8, 4) is 0 Å². The maximum atomic E-state index is 12.7. The molecule has 1 saturated heterocycles. The molecule has 0 amide bonds. The smallest absolute Gasteiger partial charge is 0.384 e. The summed E-state index contributed by atoms with van der Waals surface area (Å²) in [7, 11) is 0. The Morgan fingerprint density at radius 3 is 2.10 bits per heavy atom. The first-order chi connectivity index (χ1) is 9.92. The molecule has 1 aromatic carbocycles. The molecule has 0 atom stereocenters. The van der Waals surface area contributed by atoms with Crippen LogP contribution in [-0.2, 0) is 0 Å². The SMILES string of the molecule is Fc1ccc(NCCN2CCN(CC(F)(F)F)CC2)cc1. The van der Waals surface area contributed by atoms with Gasteiger partial charge in [0, 0.05) is 45.0 Å². The fourth-order valence-corrected chi connectivity index (χ4v) is 2.35. The second-order valence-corrected chi connectivity index (χ2v) is 5.17. The van der Waals surface area contributed by atoms with Crippen molar-refractivity contribution in [3.63, 3.8) is 0 Å². The molecule has 0 aromatic heterocycles. The molecule has 1 N–H and O–H groups in total. The highest BCUT2D eigenvalue weighted by Gasteiger charge is 2.31. The molecule has 7 heteroatoms. The minimum atomic E-state index is -4.12. The van der Waals surface area contributed by atoms with Gasteiger partial charge in [-0.15, -0.1) is 0 Å². The lowest BCUT2D eigenvalue weighted by molar-refractivity contribution is -0.149. The Balaban J connectivity index is 1.64. The van der Waals surface area contributed by atoms with Gasteiger partial charge in [-0.05, 0) is 24.3 Å². The molecule has 0 radical (unpaired) electrons. The highest BCUT2D eigenvalue weighted by atomic mass is 19.4. The van der Waals surface area contributed by atoms with E-state index in [9.17, 15) is 17.6 Å². The van der Waals surface area contributed by atoms with E-state index in [4.69, 9.17) is 0 Å². The Morgan fingerprint density at radius 2 is 1.52 bits per heavy atom. The molecule has 0 aliphatic carbocycles. The van der Waals surface area contributed by atoms with Crippen molar-refractivity contribution in [1.29, 1.82) is 0 Å². The summed E-state index contributed by atoms with van der Waals surface area (Å²) in [6.07, 6.45) is -4.12. The van der Waals surface area contributed by atoms with Crippen LogP contribution in [0.3, 0.4) is 0 Å². The second kappa shape index (κ2) is 7.09. The van der Waals surface area contributed by atoms with Crippen LogP contribution < -0.4 is 5.32 Å². The number of benzene rings is 1. The topological polar surface area (TPSA) is 18.5 Å². The third-order valence-electron chi connectivity index (χ3n) is 3.47. The molecule has 118 valence electrons. The molecule has 2 rings (SSSR count). The van der Waals surface area contributed by atoms with E-state index in [0.717, 1.165) is 12.2 Å². The largest absolute Gasteiger partial charge is 0.401 e. The molecular weight excluding hydrogens is 286 g/mol. The normalized spacial score (nSPS) is 17.9. The summed E-state index contributed by atoms with van der Waals surface area (Å²) in [5.41, 5.74) is 0.840. The molecule has 1 aliphatic rings. The van der Waals surface area contributed by atoms with Crippen molar-refractivity contribution >= 4 is 5.69 Å². The Labute approximate surface area is 121 Å². The molecule has 1 heterocycles. The van der Waals surface area contributed by atoms with E-state index in [1.165, 1.54) is 17.0 Å². The zero-order valence-corrected chi connectivity index (χ0v) is 11.7. The molecule has 1 fully saturated rings. The molecule has 0 saturated carbocycles. The number of nitrogens with zero attached hydrogens (tertiary/aromatic N) is 2. The van der Waals surface area contributed by atoms with Crippen LogP contribution in [0.1, 0.15) is 0 Å². The number of hydrogen-bond donors (Lipinski definition) is 1. The molecule has 1 aromatic rings. The van der Waals surface area contributed by atoms with Gasteiger partial charge in [0.2, 0.25) is 0 Å². The van der Waals surface area contributed by atoms with Gasteiger partial charge in [0.25, 0.3) is 0 Å². The van der Waals surface area contributed by atoms with Crippen molar-refractivity contribution in [3.05, 3.63) is 30.1 Å². The number of hydrogen-bond acceptors (Lipinski definition) is 3. The Kier molecular flexibility index (Phi) is 5.41. The highest BCUT2D eigenvalue weighted by Crippen LogP contribution is 2.17. The Morgan fingerprint density at radius 1 is 0.952 bits per heavy atom. The summed E-state index contributed by atoms with van der Waals surface area (Å²) in [6.45, 7) is 2.78. The molecule has 21 heavy (non-hydrogen) atoms. The van der Waals surface area contributed by atoms with E-state index in [-0.39, 0.29) is 5.82 Å². The van der Waals surface area contributed by atoms with E-state index in [1.807, 2.05) is 0 Å². The van der Waals surface area contributed by atoms with Gasteiger partial charge in [0.05, 0.1) is 6.54 Å². The second-order valence-electron chi connectivity index (χ2n) is 5.17. The number of nitrogens with one attached hydrogen (secondary N) is 1. The number of rotatable bonds is 5. The monoisotopic (exact) mass is 305 g/mol. The Hall–Kier alpha value is -1.34. The lowest BCUT2D eigenvalue weighted by atomic mass is 10.3. The predicted molar refractivity (Wildman–Crippen MR) is 73.8 cm³/mol. The van der Waals surface area contributed by atoms with Gasteiger partial charge >= 0.3 is 6.18 Å². The predicted octanol–water partition coefficient (Wildman–Crippen LogP) is 2.42. The average molecular weight is 305 g/mol. The van der Waals surface area contributed by atoms with Gasteiger partial charge in [0.1, 0.15) is 5.82 Å². The van der Waals surface area contributed by atoms with E-state index in [0.29, 0.717) is 32.7 Å². The summed E-state index contributed by atoms with van der Waals surface area (Å²) in [5.74, 6) is -0.277. The van der Waals surface area contributed by atoms with Crippen LogP contribution in [0.15, 0.2) is 24.3 Å². The van der Waals surface area contributed by atoms with E-state index in [1.54, 1.807) is 12.1 Å². The van der Waals surface area contributed by atoms with Crippen LogP contribution in [0.4, 0.5) is 23.2 Å². The first-order valence-electron chi connectivity index (χ1n) is 6.93. The van der Waals surface area contributed by atoms with Crippen molar-refractivity contribution in [2.75, 3.05) is 51.1 Å². The zero-order chi connectivity index (χ0) is 15.3. The number of alkyl halides is 3. The molecule has 0 spiro atoms. The number of anilines is 1. The summed E-state index contributed by atoms with van der Waals surface area (Å²) in [5, 5.41) is 3.17. The van der Waals surface area contributed by atoms with Gasteiger partial charge in [-0.2, -0.15) is 13.2 Å². The van der Waals surface area contributed by atoms with Gasteiger partial charge < -0.3 is 5.32 Å². The standard InChI is InChI=1S/C14H19F4N3/c15-12-1-3-13(4-2-12)19-5-6-20-7-9-21(10-8-20)11-14(16,17)18/h1-4,19H,5-11H2. The zero-order valence-electron chi connectivity index (χ0n) is 11.7. The van der Waals surface area contributed by atoms with Gasteiger partial charge in [0.15, 0.2) is 0 Å². The maximum Gasteiger partial charge on any atom is 0.401 e. The van der Waals surface area contributed by atoms with Crippen molar-refractivity contribution < 1.29 is 17.6 Å². The summed E-state index contributed by atoms with van der Waals surface area (Å²) < 4.78 is 49.5. The first kappa shape index (κ1) is 16.0. The summed E-state index contributed by atoms with van der Waals surface area (Å²) in [4.78, 5) is 3.56. The van der Waals surface area contributed by atoms with E-state index >= 15 is 0 Å². The third-order valence-corrected chi connectivity index (χ3v) is 3.47. The van der Waals surface area contributed by atoms with Gasteiger partial charge in [-0.3, -0.25) is 9.80 Å². The third kappa shape index (κ3) is 5.89. The fourth-order valence-electron chi connectivity index (χ4n) is 2.35. The summed E-state index contributed by atoms with van der Waals surface area (Å²) in [6, 6.07) is 6.10. The average Bonchev–Trinajstić information content (AvgIpc) is 2.41. The van der Waals surface area contributed by atoms with Gasteiger partial charge in [-0.1, -0.05) is 0 Å². The van der Waals surface area contributed by atoms with Crippen LogP contribution in [0.25, 0.3) is 0 Å². The van der Waals surface area contributed by atoms with Crippen molar-refractivity contribution in [2.45, 2.75) is 6.18 Å². The van der Waals surface area contributed by atoms with Crippen LogP contribution in [0, 0.1) is 5.82 Å². The molecule has 0 unspecified atom stereocenters. The summed E-state index contributed by atoms with van der Waals surface area (Å²) >= 11 is 0. The first-order valence-corrected chi connectivity index (χ1v) is 6.93. The van der Waals surface area contributed by atoms with Crippen molar-refractivity contribution in [1.82, 2.24) is 9.80 Å². The van der Waals surface area contributed by atoms with E-state index in [2.05, 4.69) is 10.2 Å². The van der Waals surface area contributed by atoms with E-state index < -0.39 is 12.7 Å². The van der Waals surface area contributed by atoms with Gasteiger partial charge in [-0.25, -0.2) is 4.39 Å².